The minimum Gasteiger partial charge on any atom is -0.383 e. The molecule has 2 heterocycles. The average molecular weight is 466 g/mol. The third-order valence-corrected chi connectivity index (χ3v) is 7.87. The molecule has 2 N–H and O–H groups in total. The molecule has 33 heavy (non-hydrogen) atoms. The fraction of sp³-hybridized carbons (Fsp3) is 0.217. The van der Waals surface area contributed by atoms with Gasteiger partial charge in [0.15, 0.2) is 0 Å². The van der Waals surface area contributed by atoms with Gasteiger partial charge in [-0.3, -0.25) is 4.79 Å². The highest BCUT2D eigenvalue weighted by atomic mass is 32.2. The first-order valence-corrected chi connectivity index (χ1v) is 11.8. The van der Waals surface area contributed by atoms with Gasteiger partial charge >= 0.3 is 0 Å². The third kappa shape index (κ3) is 3.81. The van der Waals surface area contributed by atoms with Gasteiger partial charge in [0.1, 0.15) is 23.9 Å². The van der Waals surface area contributed by atoms with E-state index in [0.29, 0.717) is 22.4 Å². The second-order valence-corrected chi connectivity index (χ2v) is 10.1. The first-order valence-electron chi connectivity index (χ1n) is 10.3. The molecule has 0 spiro atoms. The fourth-order valence-electron chi connectivity index (χ4n) is 3.87. The molecule has 1 aliphatic heterocycles. The molecular weight excluding hydrogens is 445 g/mol. The van der Waals surface area contributed by atoms with Crippen molar-refractivity contribution in [3.8, 4) is 11.1 Å². The molecule has 2 aliphatic carbocycles. The third-order valence-electron chi connectivity index (χ3n) is 5.97. The number of rotatable bonds is 5. The first kappa shape index (κ1) is 21.4. The minimum absolute atomic E-state index is 0.0200. The highest BCUT2D eigenvalue weighted by molar-refractivity contribution is 7.89. The molecule has 0 radical (unpaired) electrons. The number of nitrogens with zero attached hydrogens (tertiary/aromatic N) is 4. The van der Waals surface area contributed by atoms with E-state index in [1.54, 1.807) is 24.3 Å². The number of carbonyl (C=O) groups excluding carboxylic acids is 1. The molecule has 1 aromatic heterocycles. The van der Waals surface area contributed by atoms with Crippen molar-refractivity contribution in [1.29, 1.82) is 0 Å². The van der Waals surface area contributed by atoms with Crippen LogP contribution >= 0.6 is 0 Å². The van der Waals surface area contributed by atoms with Crippen molar-refractivity contribution in [3.05, 3.63) is 60.1 Å². The largest absolute Gasteiger partial charge is 0.383 e. The normalized spacial score (nSPS) is 20.0. The maximum absolute atomic E-state index is 15.0. The number of fused-ring (bicyclic) bond motifs is 1. The second kappa shape index (κ2) is 7.82. The van der Waals surface area contributed by atoms with Crippen LogP contribution in [0.1, 0.15) is 18.4 Å². The number of carbonyl (C=O) groups is 1. The molecule has 1 atom stereocenters. The topological polar surface area (TPSA) is 118 Å². The number of anilines is 1. The van der Waals surface area contributed by atoms with Crippen LogP contribution in [-0.2, 0) is 14.8 Å². The number of nitrogens with two attached hydrogens (primary N) is 1. The average Bonchev–Trinajstić information content (AvgIpc) is 3.64. The number of amides is 1. The number of aromatic nitrogens is 1. The van der Waals surface area contributed by atoms with Crippen LogP contribution in [-0.4, -0.2) is 48.8 Å². The van der Waals surface area contributed by atoms with Crippen molar-refractivity contribution in [2.24, 2.45) is 15.9 Å². The number of halogens is 1. The van der Waals surface area contributed by atoms with Crippen molar-refractivity contribution < 1.29 is 17.6 Å². The zero-order chi connectivity index (χ0) is 23.3. The van der Waals surface area contributed by atoms with Crippen LogP contribution in [0, 0.1) is 11.7 Å². The van der Waals surface area contributed by atoms with Gasteiger partial charge in [-0.1, -0.05) is 18.2 Å². The number of hydrogen-bond acceptors (Lipinski definition) is 6. The fourth-order valence-corrected chi connectivity index (χ4v) is 5.30. The zero-order valence-corrected chi connectivity index (χ0v) is 18.5. The molecule has 1 amide bonds. The lowest BCUT2D eigenvalue weighted by atomic mass is 9.89. The van der Waals surface area contributed by atoms with Crippen molar-refractivity contribution >= 4 is 39.4 Å². The Labute approximate surface area is 190 Å². The molecule has 1 fully saturated rings. The summed E-state index contributed by atoms with van der Waals surface area (Å²) < 4.78 is 41.8. The summed E-state index contributed by atoms with van der Waals surface area (Å²) in [5.74, 6) is -1.27. The molecule has 5 rings (SSSR count). The molecule has 1 unspecified atom stereocenters. The van der Waals surface area contributed by atoms with E-state index >= 15 is 4.39 Å². The predicted molar refractivity (Wildman–Crippen MR) is 124 cm³/mol. The maximum Gasteiger partial charge on any atom is 0.260 e. The molecular formula is C23H20FN5O3S. The first-order chi connectivity index (χ1) is 15.8. The molecule has 168 valence electrons. The molecule has 10 heteroatoms. The van der Waals surface area contributed by atoms with E-state index in [1.807, 2.05) is 0 Å². The van der Waals surface area contributed by atoms with E-state index in [0.717, 1.165) is 18.9 Å². The van der Waals surface area contributed by atoms with Gasteiger partial charge in [0.25, 0.3) is 5.91 Å². The van der Waals surface area contributed by atoms with Crippen molar-refractivity contribution in [2.75, 3.05) is 12.8 Å². The number of allylic oxidation sites excluding steroid dienone is 3. The number of nitrogen functional groups attached to an aromatic ring is 1. The van der Waals surface area contributed by atoms with Gasteiger partial charge < -0.3 is 5.73 Å². The Kier molecular flexibility index (Phi) is 5.06. The molecule has 0 bridgehead atoms. The number of benzene rings is 1. The minimum atomic E-state index is -3.76. The van der Waals surface area contributed by atoms with Crippen LogP contribution in [0.2, 0.25) is 0 Å². The van der Waals surface area contributed by atoms with Crippen molar-refractivity contribution in [2.45, 2.75) is 23.8 Å². The summed E-state index contributed by atoms with van der Waals surface area (Å²) in [6.45, 7) is 0. The lowest BCUT2D eigenvalue weighted by Gasteiger charge is -2.19. The summed E-state index contributed by atoms with van der Waals surface area (Å²) in [6.07, 6.45) is 9.43. The summed E-state index contributed by atoms with van der Waals surface area (Å²) >= 11 is 0. The standard InChI is InChI=1S/C23H20FN5O3S/c1-29(15-3-4-15)33(31,32)16-5-7-17(20(24)10-16)14-8-19(22(25)26-11-14)13-2-6-18-21(9-13)27-12-28-23(18)30/h2,5-12,15,18H,3-4H2,1H3,(H2,25,26). The van der Waals surface area contributed by atoms with E-state index in [2.05, 4.69) is 15.0 Å². The lowest BCUT2D eigenvalue weighted by molar-refractivity contribution is -0.118. The summed E-state index contributed by atoms with van der Waals surface area (Å²) in [4.78, 5) is 23.9. The van der Waals surface area contributed by atoms with Crippen LogP contribution in [0.3, 0.4) is 0 Å². The monoisotopic (exact) mass is 465 g/mol. The molecule has 1 aromatic carbocycles. The van der Waals surface area contributed by atoms with Gasteiger partial charge in [-0.25, -0.2) is 27.8 Å². The van der Waals surface area contributed by atoms with Crippen LogP contribution < -0.4 is 5.73 Å². The summed E-state index contributed by atoms with van der Waals surface area (Å²) in [5, 5.41) is 0. The number of sulfonamides is 1. The SMILES string of the molecule is CN(C1CC1)S(=O)(=O)c1ccc(-c2cnc(N)c(C3=CC4=NC=NC(=O)C4C=C3)c2)c(F)c1. The van der Waals surface area contributed by atoms with Gasteiger partial charge in [-0.15, -0.1) is 0 Å². The van der Waals surface area contributed by atoms with Gasteiger partial charge in [0.2, 0.25) is 10.0 Å². The predicted octanol–water partition coefficient (Wildman–Crippen LogP) is 2.83. The lowest BCUT2D eigenvalue weighted by Crippen LogP contribution is -2.29. The van der Waals surface area contributed by atoms with Crippen LogP contribution in [0.5, 0.6) is 0 Å². The molecule has 0 saturated heterocycles. The Morgan fingerprint density at radius 3 is 2.70 bits per heavy atom. The number of aliphatic imine (C=N–C) groups is 2. The second-order valence-electron chi connectivity index (χ2n) is 8.12. The molecule has 3 aliphatic rings. The van der Waals surface area contributed by atoms with Crippen LogP contribution in [0.4, 0.5) is 10.2 Å². The Bertz CT molecular complexity index is 1410. The van der Waals surface area contributed by atoms with E-state index in [9.17, 15) is 13.2 Å². The van der Waals surface area contributed by atoms with Gasteiger partial charge in [-0.2, -0.15) is 4.31 Å². The number of pyridine rings is 1. The smallest absolute Gasteiger partial charge is 0.260 e. The Morgan fingerprint density at radius 1 is 1.18 bits per heavy atom. The van der Waals surface area contributed by atoms with Gasteiger partial charge in [0, 0.05) is 36.0 Å². The highest BCUT2D eigenvalue weighted by Gasteiger charge is 2.35. The Hall–Kier alpha value is -3.50. The van der Waals surface area contributed by atoms with Gasteiger partial charge in [0.05, 0.1) is 10.6 Å². The van der Waals surface area contributed by atoms with Crippen molar-refractivity contribution in [1.82, 2.24) is 9.29 Å². The van der Waals surface area contributed by atoms with E-state index in [1.165, 1.54) is 36.0 Å². The maximum atomic E-state index is 15.0. The molecule has 1 saturated carbocycles. The summed E-state index contributed by atoms with van der Waals surface area (Å²) in [5.41, 5.74) is 8.48. The summed E-state index contributed by atoms with van der Waals surface area (Å²) in [6, 6.07) is 5.52. The van der Waals surface area contributed by atoms with E-state index < -0.39 is 21.8 Å². The quantitative estimate of drug-likeness (QED) is 0.729. The van der Waals surface area contributed by atoms with Gasteiger partial charge in [-0.05, 0) is 42.7 Å². The van der Waals surface area contributed by atoms with E-state index in [4.69, 9.17) is 5.73 Å². The number of hydrogen-bond donors (Lipinski definition) is 1. The van der Waals surface area contributed by atoms with Crippen LogP contribution in [0.15, 0.2) is 63.6 Å². The summed E-state index contributed by atoms with van der Waals surface area (Å²) in [7, 11) is -2.24. The van der Waals surface area contributed by atoms with Crippen molar-refractivity contribution in [3.63, 3.8) is 0 Å². The molecule has 8 nitrogen and oxygen atoms in total. The van der Waals surface area contributed by atoms with E-state index in [-0.39, 0.29) is 28.2 Å². The zero-order valence-electron chi connectivity index (χ0n) is 17.6. The molecule has 2 aromatic rings. The Morgan fingerprint density at radius 2 is 1.97 bits per heavy atom. The Balaban J connectivity index is 1.50. The highest BCUT2D eigenvalue weighted by Crippen LogP contribution is 2.34. The van der Waals surface area contributed by atoms with Crippen LogP contribution in [0.25, 0.3) is 16.7 Å².